The molecule has 0 atom stereocenters. The van der Waals surface area contributed by atoms with E-state index >= 15 is 0 Å². The predicted octanol–water partition coefficient (Wildman–Crippen LogP) is 7.02. The van der Waals surface area contributed by atoms with Gasteiger partial charge in [-0.05, 0) is 38.7 Å². The molecule has 0 aliphatic heterocycles. The van der Waals surface area contributed by atoms with Crippen LogP contribution in [0.4, 0.5) is 0 Å². The molecule has 5 nitrogen and oxygen atoms in total. The van der Waals surface area contributed by atoms with Gasteiger partial charge in [-0.25, -0.2) is 4.68 Å². The Bertz CT molecular complexity index is 863. The van der Waals surface area contributed by atoms with Crippen molar-refractivity contribution in [2.24, 2.45) is 0 Å². The van der Waals surface area contributed by atoms with Crippen molar-refractivity contribution in [3.05, 3.63) is 44.6 Å². The average Bonchev–Trinajstić information content (AvgIpc) is 3.12. The first-order valence-electron chi connectivity index (χ1n) is 9.58. The number of aromatic nitrogens is 3. The van der Waals surface area contributed by atoms with E-state index in [0.717, 1.165) is 31.4 Å². The zero-order valence-corrected chi connectivity index (χ0v) is 20.2. The summed E-state index contributed by atoms with van der Waals surface area (Å²) in [6, 6.07) is 3.25. The topological polar surface area (TPSA) is 49.2 Å². The molecule has 10 heteroatoms. The molecule has 0 unspecified atom stereocenters. The summed E-state index contributed by atoms with van der Waals surface area (Å²) in [7, 11) is 0. The van der Waals surface area contributed by atoms with Gasteiger partial charge in [-0.3, -0.25) is 0 Å². The average molecular weight is 514 g/mol. The Balaban J connectivity index is 1.52. The number of hydrogen-bond acceptors (Lipinski definition) is 4. The number of halogens is 5. The fourth-order valence-electron chi connectivity index (χ4n) is 3.33. The number of nitrogens with zero attached hydrogens (tertiary/aromatic N) is 3. The molecule has 30 heavy (non-hydrogen) atoms. The minimum Gasteiger partial charge on any atom is -0.489 e. The molecular weight excluding hydrogens is 492 g/mol. The van der Waals surface area contributed by atoms with Crippen LogP contribution >= 0.6 is 58.0 Å². The molecule has 0 bridgehead atoms. The molecule has 0 radical (unpaired) electrons. The lowest BCUT2D eigenvalue weighted by Gasteiger charge is -2.31. The van der Waals surface area contributed by atoms with E-state index in [-0.39, 0.29) is 16.0 Å². The van der Waals surface area contributed by atoms with Crippen LogP contribution in [0.15, 0.2) is 28.9 Å². The summed E-state index contributed by atoms with van der Waals surface area (Å²) < 4.78 is 13.1. The van der Waals surface area contributed by atoms with Gasteiger partial charge in [-0.15, -0.1) is 16.7 Å². The number of hydrogen-bond donors (Lipinski definition) is 0. The highest BCUT2D eigenvalue weighted by atomic mass is 35.5. The molecule has 1 aromatic heterocycles. The third kappa shape index (κ3) is 6.83. The first-order chi connectivity index (χ1) is 14.2. The fourth-order valence-corrected chi connectivity index (χ4v) is 4.25. The molecule has 1 heterocycles. The molecular formula is C20H22Cl5N3O2. The Hall–Kier alpha value is -0.850. The second kappa shape index (κ2) is 10.6. The van der Waals surface area contributed by atoms with Crippen LogP contribution in [0.1, 0.15) is 44.2 Å². The van der Waals surface area contributed by atoms with Gasteiger partial charge in [0.25, 0.3) is 0 Å². The molecule has 0 spiro atoms. The molecule has 2 aromatic rings. The summed E-state index contributed by atoms with van der Waals surface area (Å²) >= 11 is 30.1. The van der Waals surface area contributed by atoms with Crippen molar-refractivity contribution in [3.8, 4) is 11.5 Å². The molecule has 0 saturated heterocycles. The fraction of sp³-hybridized carbons (Fsp3) is 0.500. The van der Waals surface area contributed by atoms with Crippen molar-refractivity contribution in [2.45, 2.75) is 49.9 Å². The lowest BCUT2D eigenvalue weighted by molar-refractivity contribution is 0.289. The summed E-state index contributed by atoms with van der Waals surface area (Å²) in [4.78, 5) is -0.0900. The molecule has 1 aliphatic carbocycles. The van der Waals surface area contributed by atoms with Crippen LogP contribution in [0.25, 0.3) is 0 Å². The van der Waals surface area contributed by atoms with E-state index in [1.807, 2.05) is 6.20 Å². The van der Waals surface area contributed by atoms with Crippen LogP contribution in [0.5, 0.6) is 11.5 Å². The van der Waals surface area contributed by atoms with E-state index in [2.05, 4.69) is 17.2 Å². The van der Waals surface area contributed by atoms with Crippen molar-refractivity contribution in [3.63, 3.8) is 0 Å². The van der Waals surface area contributed by atoms with Gasteiger partial charge in [0, 0.05) is 29.1 Å². The smallest absolute Gasteiger partial charge is 0.156 e. The van der Waals surface area contributed by atoms with Gasteiger partial charge < -0.3 is 9.47 Å². The number of alkyl halides is 1. The predicted molar refractivity (Wildman–Crippen MR) is 123 cm³/mol. The Morgan fingerprint density at radius 3 is 2.50 bits per heavy atom. The van der Waals surface area contributed by atoms with E-state index in [9.17, 15) is 0 Å². The highest BCUT2D eigenvalue weighted by molar-refractivity contribution is 6.55. The van der Waals surface area contributed by atoms with E-state index in [4.69, 9.17) is 67.5 Å². The normalized spacial score (nSPS) is 21.3. The molecule has 0 N–H and O–H groups in total. The Kier molecular flexibility index (Phi) is 8.45. The monoisotopic (exact) mass is 511 g/mol. The Labute approximate surface area is 201 Å². The van der Waals surface area contributed by atoms with E-state index in [1.165, 1.54) is 6.08 Å². The van der Waals surface area contributed by atoms with Crippen LogP contribution in [0.3, 0.4) is 0 Å². The van der Waals surface area contributed by atoms with Crippen molar-refractivity contribution >= 4 is 58.0 Å². The third-order valence-corrected chi connectivity index (χ3v) is 6.28. The molecule has 3 rings (SSSR count). The maximum atomic E-state index is 6.43. The lowest BCUT2D eigenvalue weighted by Crippen LogP contribution is -2.24. The largest absolute Gasteiger partial charge is 0.489 e. The highest BCUT2D eigenvalue weighted by Crippen LogP contribution is 2.40. The molecule has 1 saturated carbocycles. The van der Waals surface area contributed by atoms with Gasteiger partial charge >= 0.3 is 0 Å². The van der Waals surface area contributed by atoms with E-state index in [0.29, 0.717) is 40.6 Å². The third-order valence-electron chi connectivity index (χ3n) is 5.03. The van der Waals surface area contributed by atoms with Gasteiger partial charge in [0.15, 0.2) is 5.75 Å². The second-order valence-corrected chi connectivity index (χ2v) is 10.2. The van der Waals surface area contributed by atoms with Crippen molar-refractivity contribution < 1.29 is 9.47 Å². The van der Waals surface area contributed by atoms with Crippen LogP contribution in [-0.4, -0.2) is 33.1 Å². The standard InChI is InChI=1S/C20H22Cl5N3O2/c1-20(25)5-2-13(3-6-20)17-12-28(27-26-17)7-9-30-19-15(21)10-14(11-16(19)22)29-8-4-18(23)24/h4,10-13H,2-3,5-9H2,1H3. The maximum absolute atomic E-state index is 6.43. The Morgan fingerprint density at radius 2 is 1.87 bits per heavy atom. The van der Waals surface area contributed by atoms with Gasteiger partial charge in [0.05, 0.1) is 22.3 Å². The van der Waals surface area contributed by atoms with Crippen molar-refractivity contribution in [1.82, 2.24) is 15.0 Å². The van der Waals surface area contributed by atoms with Gasteiger partial charge in [-0.2, -0.15) is 0 Å². The molecule has 164 valence electrons. The minimum absolute atomic E-state index is 0.0900. The number of ether oxygens (including phenoxy) is 2. The maximum Gasteiger partial charge on any atom is 0.156 e. The summed E-state index contributed by atoms with van der Waals surface area (Å²) in [6.45, 7) is 3.17. The SMILES string of the molecule is CC1(Cl)CCC(c2cn(CCOc3c(Cl)cc(OCC=C(Cl)Cl)cc3Cl)nn2)CC1. The van der Waals surface area contributed by atoms with Crippen LogP contribution in [0, 0.1) is 0 Å². The molecule has 1 aliphatic rings. The van der Waals surface area contributed by atoms with Crippen molar-refractivity contribution in [1.29, 1.82) is 0 Å². The van der Waals surface area contributed by atoms with Gasteiger partial charge in [0.1, 0.15) is 23.5 Å². The van der Waals surface area contributed by atoms with Crippen LogP contribution in [-0.2, 0) is 6.54 Å². The zero-order valence-electron chi connectivity index (χ0n) is 16.4. The Morgan fingerprint density at radius 1 is 1.20 bits per heavy atom. The van der Waals surface area contributed by atoms with E-state index in [1.54, 1.807) is 16.8 Å². The van der Waals surface area contributed by atoms with Crippen LogP contribution < -0.4 is 9.47 Å². The summed E-state index contributed by atoms with van der Waals surface area (Å²) in [5, 5.41) is 9.23. The lowest BCUT2D eigenvalue weighted by atomic mass is 9.81. The summed E-state index contributed by atoms with van der Waals surface area (Å²) in [6.07, 6.45) is 7.52. The summed E-state index contributed by atoms with van der Waals surface area (Å²) in [5.41, 5.74) is 1.01. The molecule has 1 aromatic carbocycles. The number of benzene rings is 1. The second-order valence-electron chi connectivity index (χ2n) is 7.46. The first-order valence-corrected chi connectivity index (χ1v) is 11.5. The highest BCUT2D eigenvalue weighted by Gasteiger charge is 2.30. The van der Waals surface area contributed by atoms with Gasteiger partial charge in [-0.1, -0.05) is 51.6 Å². The van der Waals surface area contributed by atoms with Crippen molar-refractivity contribution in [2.75, 3.05) is 13.2 Å². The van der Waals surface area contributed by atoms with Gasteiger partial charge in [0.2, 0.25) is 0 Å². The first kappa shape index (κ1) is 23.8. The zero-order chi connectivity index (χ0) is 21.7. The summed E-state index contributed by atoms with van der Waals surface area (Å²) in [5.74, 6) is 1.29. The molecule has 1 fully saturated rings. The number of rotatable bonds is 8. The minimum atomic E-state index is -0.0900. The van der Waals surface area contributed by atoms with Crippen LogP contribution in [0.2, 0.25) is 10.0 Å². The van der Waals surface area contributed by atoms with E-state index < -0.39 is 0 Å². The quantitative estimate of drug-likeness (QED) is 0.356. The molecule has 0 amide bonds.